The Morgan fingerprint density at radius 2 is 1.92 bits per heavy atom. The summed E-state index contributed by atoms with van der Waals surface area (Å²) in [7, 11) is 0. The van der Waals surface area contributed by atoms with Crippen molar-refractivity contribution in [3.63, 3.8) is 0 Å². The molecule has 0 atom stereocenters. The highest BCUT2D eigenvalue weighted by atomic mass is 35.5. The molecule has 0 spiro atoms. The summed E-state index contributed by atoms with van der Waals surface area (Å²) in [6.45, 7) is 4.85. The molecule has 1 aromatic heterocycles. The average molecular weight is 368 g/mol. The fourth-order valence-electron chi connectivity index (χ4n) is 2.13. The molecule has 2 rings (SSSR count). The second-order valence-electron chi connectivity index (χ2n) is 4.97. The lowest BCUT2D eigenvalue weighted by atomic mass is 10.1. The van der Waals surface area contributed by atoms with Crippen LogP contribution in [-0.2, 0) is 11.3 Å². The third kappa shape index (κ3) is 5.23. The summed E-state index contributed by atoms with van der Waals surface area (Å²) in [4.78, 5) is 24.2. The Morgan fingerprint density at radius 3 is 2.52 bits per heavy atom. The van der Waals surface area contributed by atoms with Gasteiger partial charge in [0.2, 0.25) is 0 Å². The first kappa shape index (κ1) is 20.5. The van der Waals surface area contributed by atoms with Gasteiger partial charge in [-0.1, -0.05) is 0 Å². The zero-order valence-corrected chi connectivity index (χ0v) is 14.9. The van der Waals surface area contributed by atoms with Crippen molar-refractivity contribution in [1.29, 1.82) is 0 Å². The Morgan fingerprint density at radius 1 is 1.16 bits per heavy atom. The van der Waals surface area contributed by atoms with E-state index in [2.05, 4.69) is 10.6 Å². The molecule has 0 aliphatic heterocycles. The van der Waals surface area contributed by atoms with E-state index in [1.807, 2.05) is 6.92 Å². The number of halogens is 1. The number of ether oxygens (including phenoxy) is 1. The molecule has 1 heterocycles. The van der Waals surface area contributed by atoms with Crippen LogP contribution < -0.4 is 16.4 Å². The predicted molar refractivity (Wildman–Crippen MR) is 98.4 cm³/mol. The number of hydrogen-bond donors (Lipinski definition) is 3. The van der Waals surface area contributed by atoms with Crippen molar-refractivity contribution in [2.75, 3.05) is 23.8 Å². The van der Waals surface area contributed by atoms with Crippen LogP contribution in [0.15, 0.2) is 34.9 Å². The highest BCUT2D eigenvalue weighted by Crippen LogP contribution is 2.25. The molecule has 0 radical (unpaired) electrons. The zero-order valence-electron chi connectivity index (χ0n) is 14.1. The fraction of sp³-hybridized carbons (Fsp3) is 0.294. The van der Waals surface area contributed by atoms with Gasteiger partial charge in [0.25, 0.3) is 5.91 Å². The Bertz CT molecular complexity index is 730. The number of carbonyl (C=O) groups excluding carboxylic acids is 2. The van der Waals surface area contributed by atoms with Gasteiger partial charge in [0, 0.05) is 6.54 Å². The van der Waals surface area contributed by atoms with Crippen molar-refractivity contribution in [3.8, 4) is 0 Å². The molecule has 0 unspecified atom stereocenters. The number of rotatable bonds is 7. The number of nitrogens with one attached hydrogen (secondary N) is 2. The number of carbonyl (C=O) groups is 2. The van der Waals surface area contributed by atoms with Crippen LogP contribution in [0.25, 0.3) is 0 Å². The van der Waals surface area contributed by atoms with Gasteiger partial charge in [-0.25, -0.2) is 4.79 Å². The molecule has 136 valence electrons. The van der Waals surface area contributed by atoms with E-state index < -0.39 is 5.97 Å². The minimum Gasteiger partial charge on any atom is -0.467 e. The van der Waals surface area contributed by atoms with Gasteiger partial charge in [-0.05, 0) is 38.1 Å². The zero-order chi connectivity index (χ0) is 17.5. The van der Waals surface area contributed by atoms with Gasteiger partial charge in [0.1, 0.15) is 12.0 Å². The molecule has 0 aliphatic carbocycles. The second-order valence-corrected chi connectivity index (χ2v) is 4.97. The van der Waals surface area contributed by atoms with Crippen molar-refractivity contribution in [1.82, 2.24) is 0 Å². The van der Waals surface area contributed by atoms with E-state index in [1.165, 1.54) is 6.26 Å². The Labute approximate surface area is 152 Å². The lowest BCUT2D eigenvalue weighted by molar-refractivity contribution is 0.0526. The first-order chi connectivity index (χ1) is 11.6. The van der Waals surface area contributed by atoms with Crippen molar-refractivity contribution in [3.05, 3.63) is 47.4 Å². The maximum atomic E-state index is 12.4. The number of nitrogens with two attached hydrogens (primary N) is 1. The summed E-state index contributed by atoms with van der Waals surface area (Å²) in [5.41, 5.74) is 7.40. The second kappa shape index (κ2) is 9.71. The Kier molecular flexibility index (Phi) is 7.97. The number of esters is 1. The van der Waals surface area contributed by atoms with Gasteiger partial charge >= 0.3 is 5.97 Å². The van der Waals surface area contributed by atoms with E-state index in [9.17, 15) is 9.59 Å². The van der Waals surface area contributed by atoms with Gasteiger partial charge in [0.05, 0.1) is 35.7 Å². The summed E-state index contributed by atoms with van der Waals surface area (Å²) < 4.78 is 10.2. The van der Waals surface area contributed by atoms with Crippen LogP contribution in [0, 0.1) is 0 Å². The summed E-state index contributed by atoms with van der Waals surface area (Å²) >= 11 is 0. The Hall–Kier alpha value is -2.51. The first-order valence-electron chi connectivity index (χ1n) is 7.72. The molecule has 2 aromatic rings. The average Bonchev–Trinajstić information content (AvgIpc) is 3.06. The molecule has 0 fully saturated rings. The van der Waals surface area contributed by atoms with Crippen LogP contribution in [0.1, 0.15) is 40.3 Å². The van der Waals surface area contributed by atoms with Gasteiger partial charge < -0.3 is 25.5 Å². The third-order valence-corrected chi connectivity index (χ3v) is 3.26. The molecular weight excluding hydrogens is 346 g/mol. The van der Waals surface area contributed by atoms with E-state index in [0.29, 0.717) is 34.8 Å². The van der Waals surface area contributed by atoms with E-state index in [1.54, 1.807) is 31.2 Å². The van der Waals surface area contributed by atoms with Crippen LogP contribution in [0.2, 0.25) is 0 Å². The van der Waals surface area contributed by atoms with Gasteiger partial charge in [-0.15, -0.1) is 12.4 Å². The maximum absolute atomic E-state index is 12.4. The van der Waals surface area contributed by atoms with E-state index in [4.69, 9.17) is 14.9 Å². The smallest absolute Gasteiger partial charge is 0.338 e. The monoisotopic (exact) mass is 367 g/mol. The predicted octanol–water partition coefficient (Wildman–Crippen LogP) is 3.02. The number of anilines is 2. The minimum absolute atomic E-state index is 0. The molecule has 0 aliphatic rings. The van der Waals surface area contributed by atoms with E-state index >= 15 is 0 Å². The molecular formula is C17H22ClN3O4. The molecule has 0 saturated heterocycles. The SMILES string of the molecule is CCNc1ccc(C(=O)OCC)cc1NC(=O)c1coc(CN)c1.Cl. The van der Waals surface area contributed by atoms with Crippen molar-refractivity contribution >= 4 is 35.7 Å². The van der Waals surface area contributed by atoms with Gasteiger partial charge in [-0.2, -0.15) is 0 Å². The molecule has 0 bridgehead atoms. The van der Waals surface area contributed by atoms with Gasteiger partial charge in [0.15, 0.2) is 0 Å². The van der Waals surface area contributed by atoms with Crippen LogP contribution in [-0.4, -0.2) is 25.0 Å². The van der Waals surface area contributed by atoms with Crippen LogP contribution in [0.5, 0.6) is 0 Å². The quantitative estimate of drug-likeness (QED) is 0.649. The largest absolute Gasteiger partial charge is 0.467 e. The van der Waals surface area contributed by atoms with Crippen molar-refractivity contribution < 1.29 is 18.7 Å². The first-order valence-corrected chi connectivity index (χ1v) is 7.72. The number of furan rings is 1. The molecule has 25 heavy (non-hydrogen) atoms. The van der Waals surface area contributed by atoms with Crippen LogP contribution in [0.3, 0.4) is 0 Å². The number of hydrogen-bond acceptors (Lipinski definition) is 6. The lowest BCUT2D eigenvalue weighted by Gasteiger charge is -2.13. The van der Waals surface area contributed by atoms with Gasteiger partial charge in [-0.3, -0.25) is 4.79 Å². The number of benzene rings is 1. The van der Waals surface area contributed by atoms with Crippen LogP contribution in [0.4, 0.5) is 11.4 Å². The molecule has 4 N–H and O–H groups in total. The summed E-state index contributed by atoms with van der Waals surface area (Å²) in [6, 6.07) is 6.54. The summed E-state index contributed by atoms with van der Waals surface area (Å²) in [5.74, 6) is -0.268. The summed E-state index contributed by atoms with van der Waals surface area (Å²) in [5, 5.41) is 5.91. The lowest BCUT2D eigenvalue weighted by Crippen LogP contribution is -2.14. The standard InChI is InChI=1S/C17H21N3O4.ClH/c1-3-19-14-6-5-11(17(22)23-4-2)8-15(14)20-16(21)12-7-13(9-18)24-10-12;/h5-8,10,19H,3-4,9,18H2,1-2H3,(H,20,21);1H. The minimum atomic E-state index is -0.440. The van der Waals surface area contributed by atoms with Crippen molar-refractivity contribution in [2.45, 2.75) is 20.4 Å². The number of amides is 1. The Balaban J connectivity index is 0.00000312. The normalized spacial score (nSPS) is 9.88. The topological polar surface area (TPSA) is 107 Å². The summed E-state index contributed by atoms with van der Waals surface area (Å²) in [6.07, 6.45) is 1.35. The molecule has 1 amide bonds. The molecule has 7 nitrogen and oxygen atoms in total. The fourth-order valence-corrected chi connectivity index (χ4v) is 2.13. The third-order valence-electron chi connectivity index (χ3n) is 3.26. The van der Waals surface area contributed by atoms with E-state index in [0.717, 1.165) is 0 Å². The van der Waals surface area contributed by atoms with E-state index in [-0.39, 0.29) is 31.5 Å². The molecule has 1 aromatic carbocycles. The van der Waals surface area contributed by atoms with Crippen molar-refractivity contribution in [2.24, 2.45) is 5.73 Å². The molecule has 8 heteroatoms. The highest BCUT2D eigenvalue weighted by molar-refractivity contribution is 6.06. The van der Waals surface area contributed by atoms with Crippen LogP contribution >= 0.6 is 12.4 Å². The maximum Gasteiger partial charge on any atom is 0.338 e. The highest BCUT2D eigenvalue weighted by Gasteiger charge is 2.15. The molecule has 0 saturated carbocycles.